The number of fused-ring (bicyclic) bond motifs is 1. The number of para-hydroxylation sites is 2. The van der Waals surface area contributed by atoms with E-state index in [4.69, 9.17) is 4.74 Å². The van der Waals surface area contributed by atoms with Crippen LogP contribution < -0.4 is 5.43 Å². The highest BCUT2D eigenvalue weighted by Crippen LogP contribution is 2.13. The molecule has 0 amide bonds. The zero-order valence-electron chi connectivity index (χ0n) is 13.3. The fraction of sp³-hybridized carbons (Fsp3) is 0.105. The lowest BCUT2D eigenvalue weighted by molar-refractivity contribution is -0.134. The molecular weight excluding hydrogens is 302 g/mol. The number of rotatable bonds is 5. The number of carbonyl (C=O) groups is 1. The average Bonchev–Trinajstić information content (AvgIpc) is 2.63. The molecule has 5 nitrogen and oxygen atoms in total. The Bertz CT molecular complexity index is 876. The molecule has 0 unspecified atom stereocenters. The Morgan fingerprint density at radius 1 is 1.04 bits per heavy atom. The third kappa shape index (κ3) is 3.57. The molecule has 0 saturated heterocycles. The van der Waals surface area contributed by atoms with E-state index >= 15 is 0 Å². The van der Waals surface area contributed by atoms with Crippen molar-refractivity contribution in [2.24, 2.45) is 5.10 Å². The summed E-state index contributed by atoms with van der Waals surface area (Å²) in [7, 11) is 0. The van der Waals surface area contributed by atoms with Crippen LogP contribution in [0.15, 0.2) is 71.8 Å². The van der Waals surface area contributed by atoms with E-state index in [0.717, 1.165) is 16.6 Å². The van der Waals surface area contributed by atoms with Gasteiger partial charge in [-0.3, -0.25) is 5.43 Å². The molecule has 2 aromatic carbocycles. The van der Waals surface area contributed by atoms with Crippen LogP contribution in [0.5, 0.6) is 0 Å². The van der Waals surface area contributed by atoms with Crippen molar-refractivity contribution in [3.8, 4) is 0 Å². The Hall–Kier alpha value is -3.21. The largest absolute Gasteiger partial charge is 0.461 e. The van der Waals surface area contributed by atoms with Crippen LogP contribution in [0.4, 0.5) is 5.69 Å². The quantitative estimate of drug-likeness (QED) is 0.443. The number of hydrazone groups is 1. The van der Waals surface area contributed by atoms with Crippen LogP contribution in [0.25, 0.3) is 10.9 Å². The van der Waals surface area contributed by atoms with Crippen molar-refractivity contribution in [1.29, 1.82) is 0 Å². The van der Waals surface area contributed by atoms with E-state index in [1.807, 2.05) is 60.7 Å². The summed E-state index contributed by atoms with van der Waals surface area (Å²) < 4.78 is 5.11. The van der Waals surface area contributed by atoms with Gasteiger partial charge in [0.15, 0.2) is 5.71 Å². The molecule has 1 heterocycles. The molecule has 1 N–H and O–H groups in total. The molecular formula is C19H17N3O2. The third-order valence-electron chi connectivity index (χ3n) is 3.38. The fourth-order valence-corrected chi connectivity index (χ4v) is 2.24. The van der Waals surface area contributed by atoms with Crippen LogP contribution in [0, 0.1) is 0 Å². The highest BCUT2D eigenvalue weighted by molar-refractivity contribution is 6.43. The molecule has 3 aromatic rings. The molecule has 0 radical (unpaired) electrons. The van der Waals surface area contributed by atoms with Gasteiger partial charge in [0, 0.05) is 5.39 Å². The lowest BCUT2D eigenvalue weighted by atomic mass is 10.1. The number of aromatic nitrogens is 1. The first-order valence-electron chi connectivity index (χ1n) is 7.70. The normalized spacial score (nSPS) is 11.3. The summed E-state index contributed by atoms with van der Waals surface area (Å²) in [6.07, 6.45) is 0. The standard InChI is InChI=1S/C19H17N3O2/c1-2-24-19(23)18(22-21-15-9-4-3-5-10-15)17-13-12-14-8-6-7-11-16(14)20-17/h3-13,21H,2H2,1H3/b22-18+. The average molecular weight is 319 g/mol. The van der Waals surface area contributed by atoms with Gasteiger partial charge in [0.25, 0.3) is 0 Å². The van der Waals surface area contributed by atoms with Gasteiger partial charge in [-0.15, -0.1) is 0 Å². The first-order chi connectivity index (χ1) is 11.8. The Labute approximate surface area is 140 Å². The van der Waals surface area contributed by atoms with Crippen LogP contribution in [-0.4, -0.2) is 23.3 Å². The molecule has 0 aliphatic rings. The first kappa shape index (κ1) is 15.7. The van der Waals surface area contributed by atoms with Gasteiger partial charge in [0.1, 0.15) is 0 Å². The molecule has 0 bridgehead atoms. The molecule has 24 heavy (non-hydrogen) atoms. The monoisotopic (exact) mass is 319 g/mol. The van der Waals surface area contributed by atoms with E-state index in [1.54, 1.807) is 13.0 Å². The number of hydrogen-bond donors (Lipinski definition) is 1. The minimum absolute atomic E-state index is 0.145. The molecule has 1 aromatic heterocycles. The van der Waals surface area contributed by atoms with Gasteiger partial charge in [-0.2, -0.15) is 5.10 Å². The van der Waals surface area contributed by atoms with Crippen molar-refractivity contribution in [3.05, 3.63) is 72.4 Å². The predicted molar refractivity (Wildman–Crippen MR) is 95.0 cm³/mol. The first-order valence-corrected chi connectivity index (χ1v) is 7.70. The lowest BCUT2D eigenvalue weighted by Crippen LogP contribution is -2.21. The van der Waals surface area contributed by atoms with Gasteiger partial charge >= 0.3 is 5.97 Å². The molecule has 0 atom stereocenters. The van der Waals surface area contributed by atoms with E-state index in [-0.39, 0.29) is 12.3 Å². The smallest absolute Gasteiger partial charge is 0.361 e. The summed E-state index contributed by atoms with van der Waals surface area (Å²) in [5.74, 6) is -0.510. The van der Waals surface area contributed by atoms with Gasteiger partial charge in [0.2, 0.25) is 0 Å². The molecule has 120 valence electrons. The summed E-state index contributed by atoms with van der Waals surface area (Å²) in [6, 6.07) is 20.8. The number of pyridine rings is 1. The van der Waals surface area contributed by atoms with E-state index in [1.165, 1.54) is 0 Å². The predicted octanol–water partition coefficient (Wildman–Crippen LogP) is 3.61. The Morgan fingerprint density at radius 3 is 2.58 bits per heavy atom. The number of carbonyl (C=O) groups excluding carboxylic acids is 1. The summed E-state index contributed by atoms with van der Waals surface area (Å²) in [5, 5.41) is 5.22. The van der Waals surface area contributed by atoms with Crippen molar-refractivity contribution in [3.63, 3.8) is 0 Å². The summed E-state index contributed by atoms with van der Waals surface area (Å²) >= 11 is 0. The Kier molecular flexibility index (Phi) is 4.81. The molecule has 0 fully saturated rings. The molecule has 5 heteroatoms. The minimum atomic E-state index is -0.510. The van der Waals surface area contributed by atoms with Gasteiger partial charge < -0.3 is 4.74 Å². The number of hydrogen-bond acceptors (Lipinski definition) is 5. The van der Waals surface area contributed by atoms with Crippen molar-refractivity contribution in [2.75, 3.05) is 12.0 Å². The number of nitrogens with zero attached hydrogens (tertiary/aromatic N) is 2. The van der Waals surface area contributed by atoms with Gasteiger partial charge in [-0.05, 0) is 31.2 Å². The highest BCUT2D eigenvalue weighted by atomic mass is 16.5. The number of benzene rings is 2. The number of nitrogens with one attached hydrogen (secondary N) is 1. The molecule has 0 saturated carbocycles. The highest BCUT2D eigenvalue weighted by Gasteiger charge is 2.17. The van der Waals surface area contributed by atoms with Crippen molar-refractivity contribution in [1.82, 2.24) is 4.98 Å². The fourth-order valence-electron chi connectivity index (χ4n) is 2.24. The Morgan fingerprint density at radius 2 is 1.79 bits per heavy atom. The zero-order valence-corrected chi connectivity index (χ0v) is 13.3. The molecule has 0 aliphatic heterocycles. The van der Waals surface area contributed by atoms with E-state index in [9.17, 15) is 4.79 Å². The molecule has 0 spiro atoms. The van der Waals surface area contributed by atoms with Crippen molar-refractivity contribution < 1.29 is 9.53 Å². The van der Waals surface area contributed by atoms with Gasteiger partial charge in [0.05, 0.1) is 23.5 Å². The minimum Gasteiger partial charge on any atom is -0.461 e. The Balaban J connectivity index is 1.97. The summed E-state index contributed by atoms with van der Waals surface area (Å²) in [6.45, 7) is 2.03. The van der Waals surface area contributed by atoms with E-state index in [2.05, 4.69) is 15.5 Å². The molecule has 0 aliphatic carbocycles. The number of esters is 1. The second kappa shape index (κ2) is 7.37. The van der Waals surface area contributed by atoms with Crippen LogP contribution in [0.3, 0.4) is 0 Å². The van der Waals surface area contributed by atoms with Gasteiger partial charge in [-0.1, -0.05) is 42.5 Å². The van der Waals surface area contributed by atoms with Crippen LogP contribution >= 0.6 is 0 Å². The number of anilines is 1. The third-order valence-corrected chi connectivity index (χ3v) is 3.38. The van der Waals surface area contributed by atoms with E-state index < -0.39 is 5.97 Å². The van der Waals surface area contributed by atoms with Crippen LogP contribution in [-0.2, 0) is 9.53 Å². The maximum absolute atomic E-state index is 12.3. The maximum atomic E-state index is 12.3. The van der Waals surface area contributed by atoms with Crippen molar-refractivity contribution >= 4 is 28.3 Å². The SMILES string of the molecule is CCOC(=O)/C(=N/Nc1ccccc1)c1ccc2ccccc2n1. The van der Waals surface area contributed by atoms with Crippen molar-refractivity contribution in [2.45, 2.75) is 6.92 Å². The van der Waals surface area contributed by atoms with Gasteiger partial charge in [-0.25, -0.2) is 9.78 Å². The maximum Gasteiger partial charge on any atom is 0.361 e. The second-order valence-corrected chi connectivity index (χ2v) is 5.05. The summed E-state index contributed by atoms with van der Waals surface area (Å²) in [4.78, 5) is 16.8. The van der Waals surface area contributed by atoms with Crippen LogP contribution in [0.1, 0.15) is 12.6 Å². The van der Waals surface area contributed by atoms with E-state index in [0.29, 0.717) is 5.69 Å². The summed E-state index contributed by atoms with van der Waals surface area (Å²) in [5.41, 5.74) is 5.07. The topological polar surface area (TPSA) is 63.6 Å². The lowest BCUT2D eigenvalue weighted by Gasteiger charge is -2.08. The number of ether oxygens (including phenoxy) is 1. The second-order valence-electron chi connectivity index (χ2n) is 5.05. The zero-order chi connectivity index (χ0) is 16.8. The van der Waals surface area contributed by atoms with Crippen LogP contribution in [0.2, 0.25) is 0 Å². The molecule has 3 rings (SSSR count).